The van der Waals surface area contributed by atoms with Crippen LogP contribution in [0.15, 0.2) is 60.7 Å². The van der Waals surface area contributed by atoms with Crippen molar-refractivity contribution in [2.75, 3.05) is 0 Å². The predicted octanol–water partition coefficient (Wildman–Crippen LogP) is 7.51. The molecule has 6 nitrogen and oxygen atoms in total. The fraction of sp³-hybridized carbons (Fsp3) is 0.548. The van der Waals surface area contributed by atoms with E-state index in [2.05, 4.69) is 24.4 Å². The van der Waals surface area contributed by atoms with E-state index in [-0.39, 0.29) is 18.2 Å². The van der Waals surface area contributed by atoms with Gasteiger partial charge in [0.05, 0.1) is 0 Å². The summed E-state index contributed by atoms with van der Waals surface area (Å²) in [5.41, 5.74) is 1.04. The van der Waals surface area contributed by atoms with Crippen molar-refractivity contribution >= 4 is 12.2 Å². The standard InChI is InChI=1S/C31H46N2O4/c1-8-15-27(33(29(35)37-31(5,6)7)23-25-18-13-10-14-19-25)21-20-26(22-24-16-11-9-12-17-24)32-28(34)36-30(2,3)4/h9-14,16-19,26-27H,8,15,20-23H2,1-7H3,(H,32,34)/t26-,27+/m1/s1. The molecule has 2 amide bonds. The first kappa shape index (κ1) is 30.2. The minimum atomic E-state index is -0.586. The van der Waals surface area contributed by atoms with Crippen molar-refractivity contribution in [2.24, 2.45) is 0 Å². The third-order valence-corrected chi connectivity index (χ3v) is 5.78. The van der Waals surface area contributed by atoms with Gasteiger partial charge in [-0.15, -0.1) is 0 Å². The van der Waals surface area contributed by atoms with Gasteiger partial charge in [-0.25, -0.2) is 9.59 Å². The lowest BCUT2D eigenvalue weighted by Crippen LogP contribution is -2.45. The Balaban J connectivity index is 2.24. The summed E-state index contributed by atoms with van der Waals surface area (Å²) < 4.78 is 11.4. The molecule has 1 N–H and O–H groups in total. The zero-order chi connectivity index (χ0) is 27.5. The molecule has 0 bridgehead atoms. The highest BCUT2D eigenvalue weighted by Crippen LogP contribution is 2.22. The zero-order valence-corrected chi connectivity index (χ0v) is 23.8. The second kappa shape index (κ2) is 14.1. The van der Waals surface area contributed by atoms with Crippen LogP contribution in [-0.4, -0.2) is 40.4 Å². The normalized spacial score (nSPS) is 13.4. The topological polar surface area (TPSA) is 67.9 Å². The fourth-order valence-corrected chi connectivity index (χ4v) is 4.22. The summed E-state index contributed by atoms with van der Waals surface area (Å²) in [6, 6.07) is 20.0. The number of ether oxygens (including phenoxy) is 2. The number of benzene rings is 2. The summed E-state index contributed by atoms with van der Waals surface area (Å²) in [6.45, 7) is 13.9. The van der Waals surface area contributed by atoms with E-state index in [0.717, 1.165) is 30.4 Å². The molecule has 0 aliphatic carbocycles. The maximum Gasteiger partial charge on any atom is 0.410 e. The van der Waals surface area contributed by atoms with Crippen molar-refractivity contribution in [3.05, 3.63) is 71.8 Å². The van der Waals surface area contributed by atoms with Crippen molar-refractivity contribution in [2.45, 2.75) is 110 Å². The molecule has 0 radical (unpaired) electrons. The van der Waals surface area contributed by atoms with E-state index >= 15 is 0 Å². The lowest BCUT2D eigenvalue weighted by Gasteiger charge is -2.34. The molecule has 0 saturated heterocycles. The van der Waals surface area contributed by atoms with Gasteiger partial charge in [0.15, 0.2) is 0 Å². The number of hydrogen-bond donors (Lipinski definition) is 1. The predicted molar refractivity (Wildman–Crippen MR) is 149 cm³/mol. The number of nitrogens with zero attached hydrogens (tertiary/aromatic N) is 1. The van der Waals surface area contributed by atoms with E-state index in [0.29, 0.717) is 19.4 Å². The Labute approximate surface area is 223 Å². The van der Waals surface area contributed by atoms with Crippen LogP contribution in [0.5, 0.6) is 0 Å². The molecule has 0 saturated carbocycles. The fourth-order valence-electron chi connectivity index (χ4n) is 4.22. The van der Waals surface area contributed by atoms with Crippen molar-refractivity contribution in [3.63, 3.8) is 0 Å². The van der Waals surface area contributed by atoms with Gasteiger partial charge in [-0.05, 0) is 78.4 Å². The second-order valence-electron chi connectivity index (χ2n) is 11.6. The Kier molecular flexibility index (Phi) is 11.5. The summed E-state index contributed by atoms with van der Waals surface area (Å²) in [6.07, 6.45) is 3.16. The number of amides is 2. The highest BCUT2D eigenvalue weighted by Gasteiger charge is 2.29. The molecule has 0 aromatic heterocycles. The first-order valence-electron chi connectivity index (χ1n) is 13.4. The lowest BCUT2D eigenvalue weighted by atomic mass is 9.96. The summed E-state index contributed by atoms with van der Waals surface area (Å²) in [7, 11) is 0. The highest BCUT2D eigenvalue weighted by atomic mass is 16.6. The molecule has 204 valence electrons. The number of carbonyl (C=O) groups excluding carboxylic acids is 2. The van der Waals surface area contributed by atoms with Gasteiger partial charge in [0, 0.05) is 18.6 Å². The van der Waals surface area contributed by atoms with Crippen LogP contribution in [0.25, 0.3) is 0 Å². The van der Waals surface area contributed by atoms with E-state index in [4.69, 9.17) is 9.47 Å². The molecule has 2 rings (SSSR count). The number of rotatable bonds is 11. The smallest absolute Gasteiger partial charge is 0.410 e. The van der Waals surface area contributed by atoms with Crippen LogP contribution >= 0.6 is 0 Å². The van der Waals surface area contributed by atoms with Gasteiger partial charge in [0.1, 0.15) is 11.2 Å². The van der Waals surface area contributed by atoms with E-state index in [1.54, 1.807) is 0 Å². The Morgan fingerprint density at radius 1 is 0.784 bits per heavy atom. The maximum absolute atomic E-state index is 13.4. The number of alkyl carbamates (subject to hydrolysis) is 1. The molecule has 6 heteroatoms. The van der Waals surface area contributed by atoms with Crippen LogP contribution in [0, 0.1) is 0 Å². The van der Waals surface area contributed by atoms with E-state index in [9.17, 15) is 9.59 Å². The van der Waals surface area contributed by atoms with Crippen molar-refractivity contribution in [3.8, 4) is 0 Å². The average molecular weight is 511 g/mol. The number of carbonyl (C=O) groups is 2. The highest BCUT2D eigenvalue weighted by molar-refractivity contribution is 5.69. The van der Waals surface area contributed by atoms with Gasteiger partial charge in [-0.3, -0.25) is 0 Å². The second-order valence-corrected chi connectivity index (χ2v) is 11.6. The number of hydrogen-bond acceptors (Lipinski definition) is 4. The molecular weight excluding hydrogens is 464 g/mol. The molecule has 0 aliphatic rings. The summed E-state index contributed by atoms with van der Waals surface area (Å²) >= 11 is 0. The third-order valence-electron chi connectivity index (χ3n) is 5.78. The minimum absolute atomic E-state index is 0.0289. The Morgan fingerprint density at radius 3 is 1.84 bits per heavy atom. The van der Waals surface area contributed by atoms with Gasteiger partial charge < -0.3 is 19.7 Å². The molecule has 0 heterocycles. The van der Waals surface area contributed by atoms with Crippen LogP contribution in [0.1, 0.15) is 85.3 Å². The first-order valence-corrected chi connectivity index (χ1v) is 13.4. The van der Waals surface area contributed by atoms with Crippen LogP contribution in [0.2, 0.25) is 0 Å². The average Bonchev–Trinajstić information content (AvgIpc) is 2.79. The van der Waals surface area contributed by atoms with Gasteiger partial charge in [-0.2, -0.15) is 0 Å². The molecule has 2 atom stereocenters. The van der Waals surface area contributed by atoms with E-state index in [1.165, 1.54) is 0 Å². The Bertz CT molecular complexity index is 949. The molecule has 2 aromatic rings. The minimum Gasteiger partial charge on any atom is -0.444 e. The Hall–Kier alpha value is -3.02. The van der Waals surface area contributed by atoms with Crippen molar-refractivity contribution in [1.82, 2.24) is 10.2 Å². The van der Waals surface area contributed by atoms with Crippen molar-refractivity contribution in [1.29, 1.82) is 0 Å². The lowest BCUT2D eigenvalue weighted by molar-refractivity contribution is 0.0111. The molecule has 0 aliphatic heterocycles. The zero-order valence-electron chi connectivity index (χ0n) is 23.8. The molecule has 0 spiro atoms. The van der Waals surface area contributed by atoms with Gasteiger partial charge >= 0.3 is 12.2 Å². The monoisotopic (exact) mass is 510 g/mol. The molecule has 0 unspecified atom stereocenters. The van der Waals surface area contributed by atoms with Crippen LogP contribution in [0.4, 0.5) is 9.59 Å². The van der Waals surface area contributed by atoms with Gasteiger partial charge in [-0.1, -0.05) is 74.0 Å². The molecule has 2 aromatic carbocycles. The molecular formula is C31H46N2O4. The SMILES string of the molecule is CCC[C@@H](CC[C@H](Cc1ccccc1)NC(=O)OC(C)(C)C)N(Cc1ccccc1)C(=O)OC(C)(C)C. The Morgan fingerprint density at radius 2 is 1.32 bits per heavy atom. The maximum atomic E-state index is 13.4. The summed E-state index contributed by atoms with van der Waals surface area (Å²) in [5, 5.41) is 3.08. The number of nitrogens with one attached hydrogen (secondary N) is 1. The third kappa shape index (κ3) is 12.2. The van der Waals surface area contributed by atoms with Gasteiger partial charge in [0.2, 0.25) is 0 Å². The van der Waals surface area contributed by atoms with Crippen LogP contribution in [0.3, 0.4) is 0 Å². The summed E-state index contributed by atoms with van der Waals surface area (Å²) in [5.74, 6) is 0. The van der Waals surface area contributed by atoms with E-state index in [1.807, 2.05) is 95.0 Å². The molecule has 0 fully saturated rings. The first-order chi connectivity index (χ1) is 17.4. The van der Waals surface area contributed by atoms with Crippen LogP contribution in [-0.2, 0) is 22.4 Å². The largest absolute Gasteiger partial charge is 0.444 e. The van der Waals surface area contributed by atoms with E-state index < -0.39 is 17.3 Å². The van der Waals surface area contributed by atoms with Crippen molar-refractivity contribution < 1.29 is 19.1 Å². The summed E-state index contributed by atoms with van der Waals surface area (Å²) in [4.78, 5) is 27.9. The van der Waals surface area contributed by atoms with Crippen LogP contribution < -0.4 is 5.32 Å². The van der Waals surface area contributed by atoms with Gasteiger partial charge in [0.25, 0.3) is 0 Å². The quantitative estimate of drug-likeness (QED) is 0.340. The molecule has 37 heavy (non-hydrogen) atoms.